The first-order valence-electron chi connectivity index (χ1n) is 9.00. The third kappa shape index (κ3) is 4.91. The first-order valence-corrected chi connectivity index (χ1v) is 9.00. The van der Waals surface area contributed by atoms with Crippen LogP contribution in [0.5, 0.6) is 0 Å². The van der Waals surface area contributed by atoms with Crippen molar-refractivity contribution in [2.45, 2.75) is 70.6 Å². The maximum absolute atomic E-state index is 12.8. The number of amides is 1. The highest BCUT2D eigenvalue weighted by atomic mass is 35.5. The average Bonchev–Trinajstić information content (AvgIpc) is 3.01. The third-order valence-electron chi connectivity index (χ3n) is 5.04. The first kappa shape index (κ1) is 22.4. The minimum Gasteiger partial charge on any atom is -0.353 e. The Kier molecular flexibility index (Phi) is 6.87. The Balaban J connectivity index is 0.00000280. The number of nitrogens with two attached hydrogens (primary N) is 1. The predicted octanol–water partition coefficient (Wildman–Crippen LogP) is 2.50. The second-order valence-corrected chi connectivity index (χ2v) is 7.09. The summed E-state index contributed by atoms with van der Waals surface area (Å²) in [5, 5.41) is 6.53. The van der Waals surface area contributed by atoms with Crippen LogP contribution in [0, 0.1) is 13.8 Å². The van der Waals surface area contributed by atoms with Crippen LogP contribution in [-0.4, -0.2) is 37.6 Å². The van der Waals surface area contributed by atoms with Gasteiger partial charge in [-0.05, 0) is 51.5 Å². The molecule has 1 amide bonds. The van der Waals surface area contributed by atoms with Crippen molar-refractivity contribution in [2.75, 3.05) is 0 Å². The fourth-order valence-electron chi connectivity index (χ4n) is 3.49. The third-order valence-corrected chi connectivity index (χ3v) is 5.04. The number of fused-ring (bicyclic) bond motifs is 1. The molecular formula is C17H24ClF3N6O. The molecule has 2 heterocycles. The zero-order chi connectivity index (χ0) is 19.8. The van der Waals surface area contributed by atoms with Crippen molar-refractivity contribution >= 4 is 24.1 Å². The van der Waals surface area contributed by atoms with E-state index in [-0.39, 0.29) is 42.6 Å². The van der Waals surface area contributed by atoms with Crippen molar-refractivity contribution in [3.8, 4) is 0 Å². The minimum atomic E-state index is -4.63. The SMILES string of the molecule is Cc1nc2nc(C(F)(F)F)nn2c(C)c1CCC(=O)NC1CCC(N)CC1.Cl. The number of carbonyl (C=O) groups is 1. The Morgan fingerprint density at radius 2 is 1.86 bits per heavy atom. The van der Waals surface area contributed by atoms with Gasteiger partial charge in [-0.25, -0.2) is 9.50 Å². The number of nitrogens with one attached hydrogen (secondary N) is 1. The van der Waals surface area contributed by atoms with Gasteiger partial charge in [0.2, 0.25) is 5.91 Å². The van der Waals surface area contributed by atoms with Crippen LogP contribution < -0.4 is 11.1 Å². The summed E-state index contributed by atoms with van der Waals surface area (Å²) in [5.74, 6) is -1.39. The van der Waals surface area contributed by atoms with E-state index in [1.807, 2.05) is 0 Å². The Hall–Kier alpha value is -1.94. The molecule has 0 saturated heterocycles. The summed E-state index contributed by atoms with van der Waals surface area (Å²) in [6.45, 7) is 3.36. The van der Waals surface area contributed by atoms with Crippen LogP contribution in [-0.2, 0) is 17.4 Å². The van der Waals surface area contributed by atoms with Crippen molar-refractivity contribution < 1.29 is 18.0 Å². The molecule has 0 atom stereocenters. The van der Waals surface area contributed by atoms with Gasteiger partial charge in [0.25, 0.3) is 11.6 Å². The van der Waals surface area contributed by atoms with Crippen LogP contribution in [0.4, 0.5) is 13.2 Å². The van der Waals surface area contributed by atoms with E-state index >= 15 is 0 Å². The lowest BCUT2D eigenvalue weighted by molar-refractivity contribution is -0.144. The molecule has 1 aliphatic rings. The molecule has 11 heteroatoms. The van der Waals surface area contributed by atoms with Gasteiger partial charge in [0.1, 0.15) is 0 Å². The molecule has 3 N–H and O–H groups in total. The number of aryl methyl sites for hydroxylation is 2. The molecular weight excluding hydrogens is 397 g/mol. The molecule has 28 heavy (non-hydrogen) atoms. The van der Waals surface area contributed by atoms with E-state index < -0.39 is 12.0 Å². The lowest BCUT2D eigenvalue weighted by atomic mass is 9.91. The molecule has 156 valence electrons. The van der Waals surface area contributed by atoms with Crippen molar-refractivity contribution in [1.29, 1.82) is 0 Å². The lowest BCUT2D eigenvalue weighted by Gasteiger charge is -2.26. The fraction of sp³-hybridized carbons (Fsp3) is 0.647. The summed E-state index contributed by atoms with van der Waals surface area (Å²) in [6, 6.07) is 0.357. The molecule has 0 radical (unpaired) electrons. The second-order valence-electron chi connectivity index (χ2n) is 7.09. The van der Waals surface area contributed by atoms with Crippen LogP contribution in [0.2, 0.25) is 0 Å². The number of alkyl halides is 3. The van der Waals surface area contributed by atoms with E-state index in [0.29, 0.717) is 23.4 Å². The molecule has 0 aromatic carbocycles. The predicted molar refractivity (Wildman–Crippen MR) is 99.2 cm³/mol. The van der Waals surface area contributed by atoms with E-state index in [1.165, 1.54) is 0 Å². The van der Waals surface area contributed by atoms with Gasteiger partial charge < -0.3 is 11.1 Å². The zero-order valence-electron chi connectivity index (χ0n) is 15.7. The molecule has 2 aromatic rings. The topological polar surface area (TPSA) is 98.2 Å². The highest BCUT2D eigenvalue weighted by Crippen LogP contribution is 2.27. The Labute approximate surface area is 166 Å². The number of nitrogens with zero attached hydrogens (tertiary/aromatic N) is 4. The van der Waals surface area contributed by atoms with Gasteiger partial charge in [-0.1, -0.05) is 0 Å². The van der Waals surface area contributed by atoms with Gasteiger partial charge in [-0.15, -0.1) is 17.5 Å². The van der Waals surface area contributed by atoms with E-state index in [4.69, 9.17) is 5.73 Å². The van der Waals surface area contributed by atoms with Crippen molar-refractivity contribution in [3.63, 3.8) is 0 Å². The lowest BCUT2D eigenvalue weighted by Crippen LogP contribution is -2.40. The van der Waals surface area contributed by atoms with Crippen LogP contribution in [0.25, 0.3) is 5.78 Å². The number of rotatable bonds is 4. The van der Waals surface area contributed by atoms with Crippen LogP contribution >= 0.6 is 12.4 Å². The number of carbonyl (C=O) groups excluding carboxylic acids is 1. The molecule has 0 bridgehead atoms. The normalized spacial score (nSPS) is 20.1. The maximum atomic E-state index is 12.8. The van der Waals surface area contributed by atoms with Gasteiger partial charge in [-0.2, -0.15) is 18.2 Å². The van der Waals surface area contributed by atoms with Crippen LogP contribution in [0.1, 0.15) is 54.9 Å². The fourth-order valence-corrected chi connectivity index (χ4v) is 3.49. The maximum Gasteiger partial charge on any atom is 0.453 e. The van der Waals surface area contributed by atoms with Gasteiger partial charge in [0, 0.05) is 29.9 Å². The number of aromatic nitrogens is 4. The Morgan fingerprint density at radius 1 is 1.21 bits per heavy atom. The van der Waals surface area contributed by atoms with Gasteiger partial charge in [-0.3, -0.25) is 4.79 Å². The standard InChI is InChI=1S/C17H23F3N6O.ClH/c1-9-13(7-8-14(27)23-12-5-3-11(21)4-6-12)10(2)26-16(22-9)24-15(25-26)17(18,19)20;/h11-12H,3-8,21H2,1-2H3,(H,23,27);1H. The molecule has 1 fully saturated rings. The smallest absolute Gasteiger partial charge is 0.353 e. The number of hydrogen-bond donors (Lipinski definition) is 2. The van der Waals surface area contributed by atoms with Crippen LogP contribution in [0.15, 0.2) is 0 Å². The van der Waals surface area contributed by atoms with Crippen molar-refractivity contribution in [1.82, 2.24) is 24.9 Å². The quantitative estimate of drug-likeness (QED) is 0.791. The second kappa shape index (κ2) is 8.60. The molecule has 7 nitrogen and oxygen atoms in total. The Morgan fingerprint density at radius 3 is 2.46 bits per heavy atom. The number of halogens is 4. The number of hydrogen-bond acceptors (Lipinski definition) is 5. The zero-order valence-corrected chi connectivity index (χ0v) is 16.5. The summed E-state index contributed by atoms with van der Waals surface area (Å²) >= 11 is 0. The summed E-state index contributed by atoms with van der Waals surface area (Å²) in [7, 11) is 0. The van der Waals surface area contributed by atoms with E-state index in [2.05, 4.69) is 20.4 Å². The van der Waals surface area contributed by atoms with E-state index in [9.17, 15) is 18.0 Å². The van der Waals surface area contributed by atoms with Gasteiger partial charge in [0.05, 0.1) is 0 Å². The first-order chi connectivity index (χ1) is 12.6. The molecule has 2 aromatic heterocycles. The summed E-state index contributed by atoms with van der Waals surface area (Å²) in [6.07, 6.45) is -0.473. The Bertz CT molecular complexity index is 846. The van der Waals surface area contributed by atoms with Gasteiger partial charge in [0.15, 0.2) is 0 Å². The van der Waals surface area contributed by atoms with Crippen molar-refractivity contribution in [2.24, 2.45) is 5.73 Å². The van der Waals surface area contributed by atoms with Gasteiger partial charge >= 0.3 is 6.18 Å². The van der Waals surface area contributed by atoms with E-state index in [1.54, 1.807) is 13.8 Å². The van der Waals surface area contributed by atoms with Crippen molar-refractivity contribution in [3.05, 3.63) is 22.8 Å². The molecule has 0 spiro atoms. The largest absolute Gasteiger partial charge is 0.453 e. The molecule has 0 aliphatic heterocycles. The van der Waals surface area contributed by atoms with Crippen LogP contribution in [0.3, 0.4) is 0 Å². The molecule has 0 unspecified atom stereocenters. The summed E-state index contributed by atoms with van der Waals surface area (Å²) in [4.78, 5) is 19.8. The molecule has 3 rings (SSSR count). The highest BCUT2D eigenvalue weighted by molar-refractivity contribution is 5.85. The highest BCUT2D eigenvalue weighted by Gasteiger charge is 2.37. The minimum absolute atomic E-state index is 0. The summed E-state index contributed by atoms with van der Waals surface area (Å²) < 4.78 is 39.6. The monoisotopic (exact) mass is 420 g/mol. The van der Waals surface area contributed by atoms with E-state index in [0.717, 1.165) is 30.2 Å². The average molecular weight is 421 g/mol. The summed E-state index contributed by atoms with van der Waals surface area (Å²) in [5.41, 5.74) is 7.64. The molecule has 1 saturated carbocycles. The molecule has 1 aliphatic carbocycles.